The van der Waals surface area contributed by atoms with Crippen LogP contribution in [0, 0.1) is 0 Å². The highest BCUT2D eigenvalue weighted by Gasteiger charge is 2.08. The van der Waals surface area contributed by atoms with E-state index in [0.29, 0.717) is 22.1 Å². The van der Waals surface area contributed by atoms with Crippen LogP contribution in [0.1, 0.15) is 5.56 Å². The minimum atomic E-state index is -0.119. The van der Waals surface area contributed by atoms with Gasteiger partial charge >= 0.3 is 0 Å². The lowest BCUT2D eigenvalue weighted by atomic mass is 10.2. The monoisotopic (exact) mass is 264 g/mol. The summed E-state index contributed by atoms with van der Waals surface area (Å²) in [4.78, 5) is 0. The molecular formula is C14H13ClO3. The van der Waals surface area contributed by atoms with Gasteiger partial charge in [0.25, 0.3) is 0 Å². The molecule has 0 spiro atoms. The molecule has 1 N–H and O–H groups in total. The number of halogens is 1. The lowest BCUT2D eigenvalue weighted by Gasteiger charge is -2.11. The van der Waals surface area contributed by atoms with E-state index in [4.69, 9.17) is 21.1 Å². The van der Waals surface area contributed by atoms with Gasteiger partial charge in [0.05, 0.1) is 18.7 Å². The van der Waals surface area contributed by atoms with Crippen molar-refractivity contribution in [2.75, 3.05) is 7.11 Å². The molecule has 2 aromatic rings. The number of rotatable bonds is 4. The number of benzene rings is 2. The Morgan fingerprint density at radius 3 is 2.33 bits per heavy atom. The second-order valence-electron chi connectivity index (χ2n) is 3.66. The first-order valence-corrected chi connectivity index (χ1v) is 5.82. The Hall–Kier alpha value is -1.71. The number of hydrogen-bond donors (Lipinski definition) is 1. The van der Waals surface area contributed by atoms with Crippen molar-refractivity contribution in [3.63, 3.8) is 0 Å². The molecule has 0 aliphatic rings. The molecule has 2 rings (SSSR count). The van der Waals surface area contributed by atoms with Gasteiger partial charge in [-0.1, -0.05) is 23.7 Å². The maximum atomic E-state index is 9.24. The van der Waals surface area contributed by atoms with Gasteiger partial charge in [0.1, 0.15) is 11.5 Å². The van der Waals surface area contributed by atoms with Crippen LogP contribution < -0.4 is 9.47 Å². The third-order valence-corrected chi connectivity index (χ3v) is 2.80. The van der Waals surface area contributed by atoms with Gasteiger partial charge in [0, 0.05) is 5.56 Å². The summed E-state index contributed by atoms with van der Waals surface area (Å²) in [5.41, 5.74) is 0.651. The first-order chi connectivity index (χ1) is 8.74. The van der Waals surface area contributed by atoms with E-state index in [0.717, 1.165) is 5.75 Å². The minimum Gasteiger partial charge on any atom is -0.497 e. The molecule has 0 aliphatic carbocycles. The Balaban J connectivity index is 2.27. The predicted molar refractivity (Wildman–Crippen MR) is 70.4 cm³/mol. The maximum absolute atomic E-state index is 9.24. The second kappa shape index (κ2) is 5.76. The Bertz CT molecular complexity index is 523. The van der Waals surface area contributed by atoms with Crippen LogP contribution in [0.4, 0.5) is 0 Å². The van der Waals surface area contributed by atoms with E-state index in [9.17, 15) is 5.11 Å². The van der Waals surface area contributed by atoms with Crippen molar-refractivity contribution >= 4 is 11.6 Å². The summed E-state index contributed by atoms with van der Waals surface area (Å²) in [6.07, 6.45) is 0. The number of aliphatic hydroxyl groups is 1. The quantitative estimate of drug-likeness (QED) is 0.916. The Labute approximate surface area is 111 Å². The van der Waals surface area contributed by atoms with E-state index in [1.165, 1.54) is 0 Å². The Morgan fingerprint density at radius 1 is 1.06 bits per heavy atom. The standard InChI is InChI=1S/C14H13ClO3/c1-17-11-5-7-12(8-6-11)18-14-10(9-16)3-2-4-13(14)15/h2-8,16H,9H2,1H3. The van der Waals surface area contributed by atoms with Crippen LogP contribution in [-0.4, -0.2) is 12.2 Å². The zero-order valence-electron chi connectivity index (χ0n) is 9.89. The van der Waals surface area contributed by atoms with Gasteiger partial charge < -0.3 is 14.6 Å². The summed E-state index contributed by atoms with van der Waals surface area (Å²) in [6.45, 7) is -0.119. The van der Waals surface area contributed by atoms with Gasteiger partial charge in [-0.2, -0.15) is 0 Å². The molecule has 94 valence electrons. The molecule has 0 saturated heterocycles. The molecule has 0 fully saturated rings. The van der Waals surface area contributed by atoms with Crippen LogP contribution in [0.5, 0.6) is 17.2 Å². The van der Waals surface area contributed by atoms with Gasteiger partial charge in [-0.3, -0.25) is 0 Å². The molecule has 0 unspecified atom stereocenters. The fraction of sp³-hybridized carbons (Fsp3) is 0.143. The number of aliphatic hydroxyl groups excluding tert-OH is 1. The molecule has 0 aliphatic heterocycles. The third-order valence-electron chi connectivity index (χ3n) is 2.50. The minimum absolute atomic E-state index is 0.119. The van der Waals surface area contributed by atoms with E-state index in [-0.39, 0.29) is 6.61 Å². The number of methoxy groups -OCH3 is 1. The lowest BCUT2D eigenvalue weighted by Crippen LogP contribution is -1.92. The highest BCUT2D eigenvalue weighted by molar-refractivity contribution is 6.32. The first kappa shape index (κ1) is 12.7. The summed E-state index contributed by atoms with van der Waals surface area (Å²) in [6, 6.07) is 12.4. The molecule has 0 aromatic heterocycles. The van der Waals surface area contributed by atoms with E-state index in [1.54, 1.807) is 49.6 Å². The first-order valence-electron chi connectivity index (χ1n) is 5.44. The topological polar surface area (TPSA) is 38.7 Å². The fourth-order valence-electron chi connectivity index (χ4n) is 1.55. The van der Waals surface area contributed by atoms with Gasteiger partial charge in [0.2, 0.25) is 0 Å². The summed E-state index contributed by atoms with van der Waals surface area (Å²) in [5.74, 6) is 1.87. The van der Waals surface area contributed by atoms with Gasteiger partial charge in [-0.25, -0.2) is 0 Å². The molecule has 2 aromatic carbocycles. The summed E-state index contributed by atoms with van der Waals surface area (Å²) < 4.78 is 10.7. The van der Waals surface area contributed by atoms with Gasteiger partial charge in [0.15, 0.2) is 5.75 Å². The van der Waals surface area contributed by atoms with Crippen LogP contribution in [0.15, 0.2) is 42.5 Å². The van der Waals surface area contributed by atoms with Gasteiger partial charge in [-0.15, -0.1) is 0 Å². The van der Waals surface area contributed by atoms with E-state index in [1.807, 2.05) is 0 Å². The number of para-hydroxylation sites is 1. The van der Waals surface area contributed by atoms with E-state index >= 15 is 0 Å². The van der Waals surface area contributed by atoms with Crippen molar-refractivity contribution in [3.8, 4) is 17.2 Å². The van der Waals surface area contributed by atoms with Crippen LogP contribution in [0.3, 0.4) is 0 Å². The summed E-state index contributed by atoms with van der Waals surface area (Å²) in [7, 11) is 1.60. The highest BCUT2D eigenvalue weighted by Crippen LogP contribution is 2.33. The second-order valence-corrected chi connectivity index (χ2v) is 4.07. The van der Waals surface area contributed by atoms with Crippen molar-refractivity contribution in [2.24, 2.45) is 0 Å². The Kier molecular flexibility index (Phi) is 4.07. The molecule has 0 saturated carbocycles. The maximum Gasteiger partial charge on any atom is 0.151 e. The average molecular weight is 265 g/mol. The van der Waals surface area contributed by atoms with Crippen LogP contribution >= 0.6 is 11.6 Å². The SMILES string of the molecule is COc1ccc(Oc2c(Cl)cccc2CO)cc1. The molecule has 3 nitrogen and oxygen atoms in total. The summed E-state index contributed by atoms with van der Waals surface area (Å²) >= 11 is 6.06. The molecule has 0 amide bonds. The van der Waals surface area contributed by atoms with Crippen LogP contribution in [-0.2, 0) is 6.61 Å². The molecule has 0 bridgehead atoms. The molecule has 0 heterocycles. The van der Waals surface area contributed by atoms with Crippen molar-refractivity contribution in [2.45, 2.75) is 6.61 Å². The van der Waals surface area contributed by atoms with Crippen LogP contribution in [0.2, 0.25) is 5.02 Å². The number of ether oxygens (including phenoxy) is 2. The molecule has 18 heavy (non-hydrogen) atoms. The smallest absolute Gasteiger partial charge is 0.151 e. The van der Waals surface area contributed by atoms with E-state index < -0.39 is 0 Å². The number of hydrogen-bond acceptors (Lipinski definition) is 3. The molecule has 0 atom stereocenters. The van der Waals surface area contributed by atoms with Crippen molar-refractivity contribution in [1.29, 1.82) is 0 Å². The highest BCUT2D eigenvalue weighted by atomic mass is 35.5. The van der Waals surface area contributed by atoms with Crippen molar-refractivity contribution in [1.82, 2.24) is 0 Å². The zero-order chi connectivity index (χ0) is 13.0. The molecule has 0 radical (unpaired) electrons. The van der Waals surface area contributed by atoms with Gasteiger partial charge in [-0.05, 0) is 30.3 Å². The molecule has 4 heteroatoms. The van der Waals surface area contributed by atoms with Crippen molar-refractivity contribution < 1.29 is 14.6 Å². The van der Waals surface area contributed by atoms with Crippen molar-refractivity contribution in [3.05, 3.63) is 53.1 Å². The fourth-order valence-corrected chi connectivity index (χ4v) is 1.79. The van der Waals surface area contributed by atoms with E-state index in [2.05, 4.69) is 0 Å². The average Bonchev–Trinajstić information content (AvgIpc) is 2.42. The van der Waals surface area contributed by atoms with Crippen LogP contribution in [0.25, 0.3) is 0 Å². The molecular weight excluding hydrogens is 252 g/mol. The summed E-state index contributed by atoms with van der Waals surface area (Å²) in [5, 5.41) is 9.71. The predicted octanol–water partition coefficient (Wildman–Crippen LogP) is 3.63. The largest absolute Gasteiger partial charge is 0.497 e. The zero-order valence-corrected chi connectivity index (χ0v) is 10.6. The lowest BCUT2D eigenvalue weighted by molar-refractivity contribution is 0.276. The Morgan fingerprint density at radius 2 is 1.72 bits per heavy atom. The third kappa shape index (κ3) is 2.75. The normalized spacial score (nSPS) is 10.2.